The number of hydrogen-bond donors (Lipinski definition) is 1. The summed E-state index contributed by atoms with van der Waals surface area (Å²) in [5.74, 6) is -2.67. The van der Waals surface area contributed by atoms with Crippen molar-refractivity contribution in [2.45, 2.75) is 0 Å². The highest BCUT2D eigenvalue weighted by Crippen LogP contribution is 2.30. The number of nitro groups is 1. The average Bonchev–Trinajstić information content (AvgIpc) is 2.62. The van der Waals surface area contributed by atoms with Gasteiger partial charge in [-0.1, -0.05) is 0 Å². The van der Waals surface area contributed by atoms with Crippen molar-refractivity contribution in [2.24, 2.45) is 7.05 Å². The minimum atomic E-state index is -1.31. The van der Waals surface area contributed by atoms with Crippen molar-refractivity contribution in [3.05, 3.63) is 33.9 Å². The first-order valence-corrected chi connectivity index (χ1v) is 4.70. The van der Waals surface area contributed by atoms with Gasteiger partial charge in [0, 0.05) is 7.05 Å². The number of nitrogens with two attached hydrogens (primary N) is 1. The molecule has 1 aromatic heterocycles. The number of aromatic nitrogens is 3. The molecule has 1 aromatic carbocycles. The van der Waals surface area contributed by atoms with E-state index in [-0.39, 0.29) is 17.3 Å². The molecule has 0 saturated carbocycles. The van der Waals surface area contributed by atoms with Crippen LogP contribution in [0.15, 0.2) is 12.1 Å². The molecule has 94 valence electrons. The van der Waals surface area contributed by atoms with Crippen LogP contribution in [0.5, 0.6) is 0 Å². The van der Waals surface area contributed by atoms with E-state index in [0.29, 0.717) is 12.1 Å². The van der Waals surface area contributed by atoms with E-state index >= 15 is 0 Å². The van der Waals surface area contributed by atoms with Gasteiger partial charge in [0.05, 0.1) is 11.0 Å². The molecule has 0 aliphatic rings. The highest BCUT2D eigenvalue weighted by molar-refractivity contribution is 5.68. The molecule has 9 heteroatoms. The van der Waals surface area contributed by atoms with Gasteiger partial charge in [0.1, 0.15) is 5.56 Å². The molecule has 2 rings (SSSR count). The van der Waals surface area contributed by atoms with Gasteiger partial charge < -0.3 is 5.73 Å². The van der Waals surface area contributed by atoms with E-state index in [2.05, 4.69) is 10.1 Å². The normalized spacial score (nSPS) is 10.6. The molecule has 18 heavy (non-hydrogen) atoms. The Kier molecular flexibility index (Phi) is 2.66. The van der Waals surface area contributed by atoms with E-state index in [9.17, 15) is 18.9 Å². The van der Waals surface area contributed by atoms with Crippen molar-refractivity contribution < 1.29 is 13.7 Å². The van der Waals surface area contributed by atoms with Crippen LogP contribution in [-0.2, 0) is 7.05 Å². The summed E-state index contributed by atoms with van der Waals surface area (Å²) in [5, 5.41) is 14.6. The Morgan fingerprint density at radius 3 is 2.50 bits per heavy atom. The van der Waals surface area contributed by atoms with Crippen molar-refractivity contribution in [1.82, 2.24) is 14.8 Å². The Morgan fingerprint density at radius 2 is 2.00 bits per heavy atom. The van der Waals surface area contributed by atoms with Gasteiger partial charge in [0.15, 0.2) is 17.5 Å². The molecular weight excluding hydrogens is 248 g/mol. The lowest BCUT2D eigenvalue weighted by Gasteiger charge is -1.99. The molecule has 0 radical (unpaired) electrons. The molecule has 0 bridgehead atoms. The third-order valence-electron chi connectivity index (χ3n) is 2.27. The summed E-state index contributed by atoms with van der Waals surface area (Å²) in [6.07, 6.45) is 0. The lowest BCUT2D eigenvalue weighted by Crippen LogP contribution is -1.98. The van der Waals surface area contributed by atoms with E-state index in [1.807, 2.05) is 0 Å². The molecule has 0 aliphatic heterocycles. The van der Waals surface area contributed by atoms with Crippen LogP contribution in [0.3, 0.4) is 0 Å². The van der Waals surface area contributed by atoms with Crippen LogP contribution >= 0.6 is 0 Å². The minimum absolute atomic E-state index is 0.00373. The third-order valence-corrected chi connectivity index (χ3v) is 2.27. The minimum Gasteiger partial charge on any atom is -0.368 e. The number of rotatable bonds is 2. The van der Waals surface area contributed by atoms with Gasteiger partial charge >= 0.3 is 0 Å². The molecule has 7 nitrogen and oxygen atoms in total. The van der Waals surface area contributed by atoms with Gasteiger partial charge in [-0.15, -0.1) is 5.10 Å². The lowest BCUT2D eigenvalue weighted by atomic mass is 10.1. The van der Waals surface area contributed by atoms with Gasteiger partial charge in [-0.25, -0.2) is 13.5 Å². The summed E-state index contributed by atoms with van der Waals surface area (Å²) in [4.78, 5) is 13.7. The average molecular weight is 255 g/mol. The molecule has 0 spiro atoms. The van der Waals surface area contributed by atoms with Crippen LogP contribution in [0.1, 0.15) is 0 Å². The number of aryl methyl sites for hydroxylation is 1. The van der Waals surface area contributed by atoms with Gasteiger partial charge in [0.25, 0.3) is 5.69 Å². The lowest BCUT2D eigenvalue weighted by molar-refractivity contribution is -0.384. The molecular formula is C9H7F2N5O2. The van der Waals surface area contributed by atoms with Crippen molar-refractivity contribution in [2.75, 3.05) is 5.73 Å². The van der Waals surface area contributed by atoms with Crippen LogP contribution in [-0.4, -0.2) is 19.7 Å². The van der Waals surface area contributed by atoms with Crippen molar-refractivity contribution in [3.8, 4) is 11.4 Å². The van der Waals surface area contributed by atoms with E-state index in [1.165, 1.54) is 11.7 Å². The maximum absolute atomic E-state index is 13.1. The zero-order valence-corrected chi connectivity index (χ0v) is 9.09. The zero-order chi connectivity index (χ0) is 13.4. The second-order valence-electron chi connectivity index (χ2n) is 3.46. The van der Waals surface area contributed by atoms with E-state index in [0.717, 1.165) is 0 Å². The first-order chi connectivity index (χ1) is 8.40. The Hall–Kier alpha value is -2.58. The maximum Gasteiger partial charge on any atom is 0.283 e. The summed E-state index contributed by atoms with van der Waals surface area (Å²) in [6, 6.07) is 1.15. The number of benzene rings is 1. The highest BCUT2D eigenvalue weighted by Gasteiger charge is 2.23. The number of nitrogens with zero attached hydrogens (tertiary/aromatic N) is 4. The fraction of sp³-hybridized carbons (Fsp3) is 0.111. The molecule has 0 saturated heterocycles. The van der Waals surface area contributed by atoms with Crippen molar-refractivity contribution in [1.29, 1.82) is 0 Å². The highest BCUT2D eigenvalue weighted by atomic mass is 19.2. The molecule has 1 heterocycles. The molecule has 0 fully saturated rings. The Bertz CT molecular complexity index is 621. The van der Waals surface area contributed by atoms with Crippen molar-refractivity contribution >= 4 is 11.6 Å². The summed E-state index contributed by atoms with van der Waals surface area (Å²) in [7, 11) is 1.47. The largest absolute Gasteiger partial charge is 0.368 e. The van der Waals surface area contributed by atoms with E-state index in [4.69, 9.17) is 5.73 Å². The second-order valence-corrected chi connectivity index (χ2v) is 3.46. The van der Waals surface area contributed by atoms with E-state index < -0.39 is 22.2 Å². The van der Waals surface area contributed by atoms with Crippen LogP contribution in [0.25, 0.3) is 11.4 Å². The molecule has 0 aliphatic carbocycles. The molecule has 0 amide bonds. The SMILES string of the molecule is Cn1nc(-c2cc(F)c(F)cc2[N+](=O)[O-])nc1N. The number of hydrogen-bond acceptors (Lipinski definition) is 5. The van der Waals surface area contributed by atoms with Gasteiger partial charge in [-0.3, -0.25) is 10.1 Å². The first-order valence-electron chi connectivity index (χ1n) is 4.70. The Morgan fingerprint density at radius 1 is 1.39 bits per heavy atom. The Balaban J connectivity index is 2.69. The summed E-state index contributed by atoms with van der Waals surface area (Å²) < 4.78 is 27.3. The molecule has 2 aromatic rings. The number of halogens is 2. The Labute approximate surface area is 99.0 Å². The van der Waals surface area contributed by atoms with Crippen LogP contribution in [0.2, 0.25) is 0 Å². The fourth-order valence-electron chi connectivity index (χ4n) is 1.38. The van der Waals surface area contributed by atoms with Gasteiger partial charge in [0.2, 0.25) is 5.95 Å². The zero-order valence-electron chi connectivity index (χ0n) is 9.09. The predicted octanol–water partition coefficient (Wildman–Crippen LogP) is 1.25. The fourth-order valence-corrected chi connectivity index (χ4v) is 1.38. The van der Waals surface area contributed by atoms with Gasteiger partial charge in [-0.2, -0.15) is 4.98 Å². The van der Waals surface area contributed by atoms with Gasteiger partial charge in [-0.05, 0) is 6.07 Å². The monoisotopic (exact) mass is 255 g/mol. The summed E-state index contributed by atoms with van der Waals surface area (Å²) >= 11 is 0. The second kappa shape index (κ2) is 4.02. The molecule has 2 N–H and O–H groups in total. The smallest absolute Gasteiger partial charge is 0.283 e. The van der Waals surface area contributed by atoms with E-state index in [1.54, 1.807) is 0 Å². The third kappa shape index (κ3) is 1.85. The van der Waals surface area contributed by atoms with Crippen LogP contribution in [0.4, 0.5) is 20.4 Å². The topological polar surface area (TPSA) is 99.9 Å². The first kappa shape index (κ1) is 11.9. The van der Waals surface area contributed by atoms with Crippen LogP contribution < -0.4 is 5.73 Å². The summed E-state index contributed by atoms with van der Waals surface area (Å²) in [5.41, 5.74) is 4.57. The number of nitrogen functional groups attached to an aromatic ring is 1. The summed E-state index contributed by atoms with van der Waals surface area (Å²) in [6.45, 7) is 0. The predicted molar refractivity (Wildman–Crippen MR) is 57.4 cm³/mol. The standard InChI is InChI=1S/C9H7F2N5O2/c1-15-9(12)13-8(14-15)4-2-5(10)6(11)3-7(4)16(17)18/h2-3H,1H3,(H2,12,13,14). The maximum atomic E-state index is 13.1. The van der Waals surface area contributed by atoms with Crippen LogP contribution in [0, 0.1) is 21.7 Å². The molecule has 0 atom stereocenters. The number of anilines is 1. The number of nitro benzene ring substituents is 1. The quantitative estimate of drug-likeness (QED) is 0.643. The van der Waals surface area contributed by atoms with Crippen molar-refractivity contribution in [3.63, 3.8) is 0 Å². The molecule has 0 unspecified atom stereocenters.